The number of piperidine rings is 1. The normalized spacial score (nSPS) is 23.2. The number of nitrogens with zero attached hydrogens (tertiary/aromatic N) is 3. The van der Waals surface area contributed by atoms with Gasteiger partial charge in [0.1, 0.15) is 24.1 Å². The van der Waals surface area contributed by atoms with E-state index in [4.69, 9.17) is 9.47 Å². The lowest BCUT2D eigenvalue weighted by Crippen LogP contribution is -2.59. The van der Waals surface area contributed by atoms with E-state index in [2.05, 4.69) is 34.0 Å². The quantitative estimate of drug-likeness (QED) is 0.596. The SMILES string of the molecule is Cc1c(Nc2ccc(S(C)(=O)=O)cc2F)ncnc1OC1C[C@H]2COC[C@@H](C1)N2CCC(C)C. The summed E-state index contributed by atoms with van der Waals surface area (Å²) in [7, 11) is -3.49. The smallest absolute Gasteiger partial charge is 0.221 e. The summed E-state index contributed by atoms with van der Waals surface area (Å²) in [6, 6.07) is 4.42. The zero-order chi connectivity index (χ0) is 24.5. The number of halogens is 1. The van der Waals surface area contributed by atoms with Gasteiger partial charge < -0.3 is 14.8 Å². The Morgan fingerprint density at radius 3 is 2.56 bits per heavy atom. The van der Waals surface area contributed by atoms with Crippen molar-refractivity contribution < 1.29 is 22.3 Å². The van der Waals surface area contributed by atoms with Crippen molar-refractivity contribution in [2.45, 2.75) is 63.1 Å². The van der Waals surface area contributed by atoms with E-state index in [1.54, 1.807) is 0 Å². The third-order valence-corrected chi connectivity index (χ3v) is 7.64. The van der Waals surface area contributed by atoms with Gasteiger partial charge in [-0.2, -0.15) is 0 Å². The molecular formula is C24H33FN4O4S. The Morgan fingerprint density at radius 1 is 1.24 bits per heavy atom. The molecule has 186 valence electrons. The average molecular weight is 493 g/mol. The second-order valence-corrected chi connectivity index (χ2v) is 11.7. The van der Waals surface area contributed by atoms with Gasteiger partial charge in [0.15, 0.2) is 9.84 Å². The van der Waals surface area contributed by atoms with Gasteiger partial charge >= 0.3 is 0 Å². The van der Waals surface area contributed by atoms with E-state index in [9.17, 15) is 12.8 Å². The molecule has 2 aliphatic heterocycles. The van der Waals surface area contributed by atoms with Crippen LogP contribution in [0.2, 0.25) is 0 Å². The molecule has 3 heterocycles. The van der Waals surface area contributed by atoms with E-state index in [1.807, 2.05) is 6.92 Å². The van der Waals surface area contributed by atoms with Crippen molar-refractivity contribution in [2.75, 3.05) is 31.3 Å². The lowest BCUT2D eigenvalue weighted by Gasteiger charge is -2.48. The summed E-state index contributed by atoms with van der Waals surface area (Å²) in [5.74, 6) is 0.863. The van der Waals surface area contributed by atoms with Crippen LogP contribution in [0.4, 0.5) is 15.9 Å². The minimum atomic E-state index is -3.49. The van der Waals surface area contributed by atoms with E-state index in [0.717, 1.165) is 31.7 Å². The Balaban J connectivity index is 1.46. The molecule has 1 N–H and O–H groups in total. The fraction of sp³-hybridized carbons (Fsp3) is 0.583. The summed E-state index contributed by atoms with van der Waals surface area (Å²) in [5, 5.41) is 2.94. The van der Waals surface area contributed by atoms with E-state index >= 15 is 0 Å². The van der Waals surface area contributed by atoms with Crippen molar-refractivity contribution in [1.82, 2.24) is 14.9 Å². The van der Waals surface area contributed by atoms with Crippen LogP contribution in [0.5, 0.6) is 5.88 Å². The van der Waals surface area contributed by atoms with Crippen molar-refractivity contribution in [2.24, 2.45) is 5.92 Å². The Hall–Kier alpha value is -2.30. The van der Waals surface area contributed by atoms with Crippen LogP contribution in [0.15, 0.2) is 29.4 Å². The molecule has 0 radical (unpaired) electrons. The molecule has 8 nitrogen and oxygen atoms in total. The maximum absolute atomic E-state index is 14.5. The van der Waals surface area contributed by atoms with Gasteiger partial charge in [0.2, 0.25) is 5.88 Å². The van der Waals surface area contributed by atoms with Crippen LogP contribution in [0.3, 0.4) is 0 Å². The zero-order valence-corrected chi connectivity index (χ0v) is 20.9. The van der Waals surface area contributed by atoms with E-state index in [-0.39, 0.29) is 16.7 Å². The lowest BCUT2D eigenvalue weighted by atomic mass is 9.91. The van der Waals surface area contributed by atoms with Crippen LogP contribution in [0, 0.1) is 18.7 Å². The van der Waals surface area contributed by atoms with Crippen molar-refractivity contribution >= 4 is 21.3 Å². The number of anilines is 2. The van der Waals surface area contributed by atoms with E-state index in [0.29, 0.717) is 48.5 Å². The summed E-state index contributed by atoms with van der Waals surface area (Å²) in [6.45, 7) is 8.82. The first-order chi connectivity index (χ1) is 16.1. The second kappa shape index (κ2) is 10.1. The van der Waals surface area contributed by atoms with Gasteiger partial charge in [0.05, 0.1) is 29.4 Å². The molecular weight excluding hydrogens is 459 g/mol. The number of benzene rings is 1. The molecule has 0 spiro atoms. The minimum absolute atomic E-state index is 0.0152. The molecule has 2 aromatic rings. The van der Waals surface area contributed by atoms with Crippen molar-refractivity contribution in [3.05, 3.63) is 35.9 Å². The van der Waals surface area contributed by atoms with Crippen LogP contribution in [0.25, 0.3) is 0 Å². The summed E-state index contributed by atoms with van der Waals surface area (Å²) in [4.78, 5) is 11.1. The van der Waals surface area contributed by atoms with Crippen LogP contribution < -0.4 is 10.1 Å². The molecule has 2 bridgehead atoms. The maximum Gasteiger partial charge on any atom is 0.221 e. The number of sulfone groups is 1. The minimum Gasteiger partial charge on any atom is -0.474 e. The van der Waals surface area contributed by atoms with Gasteiger partial charge in [-0.25, -0.2) is 22.8 Å². The number of hydrogen-bond acceptors (Lipinski definition) is 8. The van der Waals surface area contributed by atoms with Gasteiger partial charge in [-0.15, -0.1) is 0 Å². The molecule has 2 aliphatic rings. The monoisotopic (exact) mass is 492 g/mol. The lowest BCUT2D eigenvalue weighted by molar-refractivity contribution is -0.101. The Bertz CT molecular complexity index is 1110. The highest BCUT2D eigenvalue weighted by Gasteiger charge is 2.40. The predicted octanol–water partition coefficient (Wildman–Crippen LogP) is 3.73. The number of hydrogen-bond donors (Lipinski definition) is 1. The van der Waals surface area contributed by atoms with Crippen molar-refractivity contribution in [1.29, 1.82) is 0 Å². The van der Waals surface area contributed by atoms with Gasteiger partial charge in [-0.05, 0) is 44.0 Å². The molecule has 0 amide bonds. The van der Waals surface area contributed by atoms with Gasteiger partial charge in [0.25, 0.3) is 0 Å². The van der Waals surface area contributed by atoms with E-state index < -0.39 is 15.7 Å². The number of aromatic nitrogens is 2. The van der Waals surface area contributed by atoms with Gasteiger partial charge in [-0.1, -0.05) is 13.8 Å². The summed E-state index contributed by atoms with van der Waals surface area (Å²) >= 11 is 0. The molecule has 0 aliphatic carbocycles. The Kier molecular flexibility index (Phi) is 7.39. The molecule has 1 unspecified atom stereocenters. The molecule has 3 atom stereocenters. The molecule has 1 aromatic heterocycles. The van der Waals surface area contributed by atoms with Crippen LogP contribution in [0.1, 0.15) is 38.7 Å². The second-order valence-electron chi connectivity index (χ2n) is 9.67. The zero-order valence-electron chi connectivity index (χ0n) is 20.1. The molecule has 10 heteroatoms. The fourth-order valence-electron chi connectivity index (χ4n) is 4.60. The Labute approximate surface area is 200 Å². The largest absolute Gasteiger partial charge is 0.474 e. The summed E-state index contributed by atoms with van der Waals surface area (Å²) in [5.41, 5.74) is 0.794. The molecule has 4 rings (SSSR count). The summed E-state index contributed by atoms with van der Waals surface area (Å²) in [6.07, 6.45) is 5.34. The highest BCUT2D eigenvalue weighted by molar-refractivity contribution is 7.90. The number of rotatable bonds is 8. The maximum atomic E-state index is 14.5. The first-order valence-electron chi connectivity index (χ1n) is 11.7. The van der Waals surface area contributed by atoms with Crippen molar-refractivity contribution in [3.63, 3.8) is 0 Å². The first-order valence-corrected chi connectivity index (χ1v) is 13.6. The third-order valence-electron chi connectivity index (χ3n) is 6.53. The molecule has 34 heavy (non-hydrogen) atoms. The molecule has 0 saturated carbocycles. The molecule has 2 fully saturated rings. The third kappa shape index (κ3) is 5.67. The van der Waals surface area contributed by atoms with Crippen LogP contribution in [-0.2, 0) is 14.6 Å². The standard InChI is InChI=1S/C24H33FN4O4S/c1-15(2)7-8-29-17-9-19(10-18(29)13-32-12-17)33-24-16(3)23(26-14-27-24)28-22-6-5-20(11-21(22)25)34(4,30)31/h5-6,11,14-15,17-19H,7-10,12-13H2,1-4H3,(H,26,27,28)/t17-,18+,19?. The number of morpholine rings is 1. The predicted molar refractivity (Wildman–Crippen MR) is 128 cm³/mol. The van der Waals surface area contributed by atoms with E-state index in [1.165, 1.54) is 24.9 Å². The first kappa shape index (κ1) is 24.8. The highest BCUT2D eigenvalue weighted by Crippen LogP contribution is 2.33. The number of nitrogens with one attached hydrogen (secondary N) is 1. The molecule has 2 saturated heterocycles. The number of ether oxygens (including phenoxy) is 2. The van der Waals surface area contributed by atoms with Gasteiger partial charge in [-0.3, -0.25) is 4.90 Å². The van der Waals surface area contributed by atoms with Crippen LogP contribution >= 0.6 is 0 Å². The van der Waals surface area contributed by atoms with Crippen LogP contribution in [-0.4, -0.2) is 67.5 Å². The van der Waals surface area contributed by atoms with Crippen molar-refractivity contribution in [3.8, 4) is 5.88 Å². The highest BCUT2D eigenvalue weighted by atomic mass is 32.2. The molecule has 1 aromatic carbocycles. The Morgan fingerprint density at radius 2 is 1.94 bits per heavy atom. The average Bonchev–Trinajstić information content (AvgIpc) is 2.75. The fourth-order valence-corrected chi connectivity index (χ4v) is 5.23. The van der Waals surface area contributed by atoms with Gasteiger partial charge in [0, 0.05) is 31.2 Å². The topological polar surface area (TPSA) is 93.7 Å². The summed E-state index contributed by atoms with van der Waals surface area (Å²) < 4.78 is 50.0. The number of fused-ring (bicyclic) bond motifs is 2.